The van der Waals surface area contributed by atoms with Gasteiger partial charge in [-0.3, -0.25) is 4.79 Å². The molecule has 1 unspecified atom stereocenters. The molecule has 2 aromatic carbocycles. The van der Waals surface area contributed by atoms with Crippen molar-refractivity contribution in [3.05, 3.63) is 60.2 Å². The molecular weight excluding hydrogens is 268 g/mol. The van der Waals surface area contributed by atoms with E-state index in [0.717, 1.165) is 23.1 Å². The highest BCUT2D eigenvalue weighted by Crippen LogP contribution is 2.29. The van der Waals surface area contributed by atoms with Gasteiger partial charge in [0.15, 0.2) is 0 Å². The van der Waals surface area contributed by atoms with E-state index in [2.05, 4.69) is 38.1 Å². The molecule has 0 N–H and O–H groups in total. The molecule has 0 radical (unpaired) electrons. The molecule has 0 fully saturated rings. The number of benzene rings is 2. The van der Waals surface area contributed by atoms with E-state index in [-0.39, 0.29) is 11.2 Å². The molecule has 104 valence electrons. The lowest BCUT2D eigenvalue weighted by molar-refractivity contribution is -0.113. The Bertz CT molecular complexity index is 575. The van der Waals surface area contributed by atoms with Crippen LogP contribution in [0.3, 0.4) is 0 Å². The minimum atomic E-state index is -0.274. The van der Waals surface area contributed by atoms with Gasteiger partial charge >= 0.3 is 0 Å². The Labute approximate surface area is 125 Å². The van der Waals surface area contributed by atoms with E-state index >= 15 is 0 Å². The van der Waals surface area contributed by atoms with Crippen LogP contribution in [0.2, 0.25) is 0 Å². The van der Waals surface area contributed by atoms with Gasteiger partial charge in [-0.15, -0.1) is 0 Å². The third-order valence-electron chi connectivity index (χ3n) is 3.38. The third-order valence-corrected chi connectivity index (χ3v) is 3.64. The summed E-state index contributed by atoms with van der Waals surface area (Å²) in [5.41, 5.74) is 3.27. The molecular formula is C18H19ClO. The molecule has 0 bridgehead atoms. The van der Waals surface area contributed by atoms with Gasteiger partial charge in [0, 0.05) is 0 Å². The summed E-state index contributed by atoms with van der Waals surface area (Å²) in [6.07, 6.45) is 0.778. The molecule has 1 atom stereocenters. The molecule has 0 heterocycles. The lowest BCUT2D eigenvalue weighted by atomic mass is 9.89. The summed E-state index contributed by atoms with van der Waals surface area (Å²) in [6, 6.07) is 18.3. The van der Waals surface area contributed by atoms with Crippen LogP contribution in [0.5, 0.6) is 0 Å². The molecule has 0 aromatic heterocycles. The summed E-state index contributed by atoms with van der Waals surface area (Å²) in [5, 5.41) is -0.274. The van der Waals surface area contributed by atoms with Gasteiger partial charge < -0.3 is 0 Å². The van der Waals surface area contributed by atoms with Crippen molar-refractivity contribution in [1.82, 2.24) is 0 Å². The number of hydrogen-bond donors (Lipinski definition) is 0. The third kappa shape index (κ3) is 3.71. The molecule has 20 heavy (non-hydrogen) atoms. The quantitative estimate of drug-likeness (QED) is 0.686. The zero-order valence-corrected chi connectivity index (χ0v) is 12.6. The number of hydrogen-bond acceptors (Lipinski definition) is 1. The van der Waals surface area contributed by atoms with Crippen LogP contribution < -0.4 is 0 Å². The Balaban J connectivity index is 2.35. The summed E-state index contributed by atoms with van der Waals surface area (Å²) >= 11 is 5.78. The zero-order chi connectivity index (χ0) is 14.5. The number of rotatable bonds is 5. The Morgan fingerprint density at radius 3 is 2.25 bits per heavy atom. The van der Waals surface area contributed by atoms with E-state index in [9.17, 15) is 4.79 Å². The van der Waals surface area contributed by atoms with Crippen LogP contribution >= 0.6 is 11.6 Å². The number of halogens is 1. The van der Waals surface area contributed by atoms with Crippen LogP contribution in [0.4, 0.5) is 0 Å². The highest BCUT2D eigenvalue weighted by atomic mass is 35.5. The lowest BCUT2D eigenvalue weighted by Gasteiger charge is -2.16. The minimum absolute atomic E-state index is 0.222. The molecule has 2 heteroatoms. The lowest BCUT2D eigenvalue weighted by Crippen LogP contribution is -2.10. The first-order chi connectivity index (χ1) is 9.58. The second-order valence-electron chi connectivity index (χ2n) is 5.48. The molecule has 0 spiro atoms. The summed E-state index contributed by atoms with van der Waals surface area (Å²) in [7, 11) is 0. The van der Waals surface area contributed by atoms with Crippen LogP contribution in [0.1, 0.15) is 31.7 Å². The Kier molecular flexibility index (Phi) is 4.97. The van der Waals surface area contributed by atoms with Crippen LogP contribution in [-0.2, 0) is 4.79 Å². The molecule has 0 amide bonds. The monoisotopic (exact) mass is 286 g/mol. The van der Waals surface area contributed by atoms with Crippen molar-refractivity contribution < 1.29 is 4.79 Å². The van der Waals surface area contributed by atoms with Crippen molar-refractivity contribution in [2.75, 3.05) is 0 Å². The van der Waals surface area contributed by atoms with Gasteiger partial charge in [-0.25, -0.2) is 0 Å². The standard InChI is InChI=1S/C18H19ClO/c1-13(2)11-17(18(19)20)16-10-6-9-15(12-16)14-7-4-3-5-8-14/h3-10,12-13,17H,11H2,1-2H3. The average molecular weight is 287 g/mol. The normalized spacial score (nSPS) is 12.4. The zero-order valence-electron chi connectivity index (χ0n) is 11.8. The van der Waals surface area contributed by atoms with Gasteiger partial charge in [-0.2, -0.15) is 0 Å². The molecule has 0 saturated heterocycles. The van der Waals surface area contributed by atoms with E-state index in [1.54, 1.807) is 0 Å². The van der Waals surface area contributed by atoms with Crippen molar-refractivity contribution in [3.8, 4) is 11.1 Å². The van der Waals surface area contributed by atoms with Crippen molar-refractivity contribution >= 4 is 16.8 Å². The van der Waals surface area contributed by atoms with Gasteiger partial charge in [-0.1, -0.05) is 68.4 Å². The molecule has 0 aliphatic carbocycles. The first-order valence-corrected chi connectivity index (χ1v) is 7.30. The highest BCUT2D eigenvalue weighted by Gasteiger charge is 2.20. The maximum absolute atomic E-state index is 11.7. The predicted octanol–water partition coefficient (Wildman–Crippen LogP) is 5.25. The molecule has 1 nitrogen and oxygen atoms in total. The van der Waals surface area contributed by atoms with Crippen molar-refractivity contribution in [1.29, 1.82) is 0 Å². The van der Waals surface area contributed by atoms with E-state index in [0.29, 0.717) is 5.92 Å². The second kappa shape index (κ2) is 6.71. The molecule has 0 aliphatic rings. The molecule has 2 rings (SSSR count). The Morgan fingerprint density at radius 2 is 1.65 bits per heavy atom. The Morgan fingerprint density at radius 1 is 1.00 bits per heavy atom. The van der Waals surface area contributed by atoms with Gasteiger partial charge in [0.2, 0.25) is 5.24 Å². The van der Waals surface area contributed by atoms with Crippen molar-refractivity contribution in [3.63, 3.8) is 0 Å². The molecule has 0 aliphatic heterocycles. The largest absolute Gasteiger partial charge is 0.281 e. The van der Waals surface area contributed by atoms with E-state index < -0.39 is 0 Å². The van der Waals surface area contributed by atoms with Crippen molar-refractivity contribution in [2.24, 2.45) is 5.92 Å². The SMILES string of the molecule is CC(C)CC(C(=O)Cl)c1cccc(-c2ccccc2)c1. The fraction of sp³-hybridized carbons (Fsp3) is 0.278. The summed E-state index contributed by atoms with van der Waals surface area (Å²) in [4.78, 5) is 11.7. The van der Waals surface area contributed by atoms with E-state index in [1.807, 2.05) is 30.3 Å². The number of carbonyl (C=O) groups excluding carboxylic acids is 1. The van der Waals surface area contributed by atoms with Crippen molar-refractivity contribution in [2.45, 2.75) is 26.2 Å². The smallest absolute Gasteiger partial charge is 0.229 e. The maximum Gasteiger partial charge on any atom is 0.229 e. The van der Waals surface area contributed by atoms with Crippen LogP contribution in [0.25, 0.3) is 11.1 Å². The van der Waals surface area contributed by atoms with Gasteiger partial charge in [0.1, 0.15) is 0 Å². The highest BCUT2D eigenvalue weighted by molar-refractivity contribution is 6.64. The average Bonchev–Trinajstić information content (AvgIpc) is 2.45. The minimum Gasteiger partial charge on any atom is -0.281 e. The Hall–Kier alpha value is -1.60. The van der Waals surface area contributed by atoms with Crippen LogP contribution in [0.15, 0.2) is 54.6 Å². The van der Waals surface area contributed by atoms with Gasteiger partial charge in [-0.05, 0) is 40.6 Å². The molecule has 2 aromatic rings. The van der Waals surface area contributed by atoms with E-state index in [1.165, 1.54) is 0 Å². The fourth-order valence-electron chi connectivity index (χ4n) is 2.40. The first kappa shape index (κ1) is 14.8. The second-order valence-corrected chi connectivity index (χ2v) is 5.85. The van der Waals surface area contributed by atoms with Crippen LogP contribution in [0, 0.1) is 5.92 Å². The van der Waals surface area contributed by atoms with Gasteiger partial charge in [0.05, 0.1) is 5.92 Å². The summed E-state index contributed by atoms with van der Waals surface area (Å²) in [6.45, 7) is 4.21. The van der Waals surface area contributed by atoms with Crippen LogP contribution in [-0.4, -0.2) is 5.24 Å². The summed E-state index contributed by atoms with van der Waals surface area (Å²) < 4.78 is 0. The predicted molar refractivity (Wildman–Crippen MR) is 84.9 cm³/mol. The summed E-state index contributed by atoms with van der Waals surface area (Å²) in [5.74, 6) is 0.211. The van der Waals surface area contributed by atoms with Gasteiger partial charge in [0.25, 0.3) is 0 Å². The molecule has 0 saturated carbocycles. The topological polar surface area (TPSA) is 17.1 Å². The first-order valence-electron chi connectivity index (χ1n) is 6.92. The maximum atomic E-state index is 11.7. The van der Waals surface area contributed by atoms with E-state index in [4.69, 9.17) is 11.6 Å². The fourth-order valence-corrected chi connectivity index (χ4v) is 2.61. The number of carbonyl (C=O) groups is 1.